The number of nitrogens with one attached hydrogen (secondary N) is 1. The van der Waals surface area contributed by atoms with Gasteiger partial charge in [0.1, 0.15) is 0 Å². The van der Waals surface area contributed by atoms with Crippen LogP contribution in [0.3, 0.4) is 0 Å². The average molecular weight is 362 g/mol. The average Bonchev–Trinajstić information content (AvgIpc) is 2.56. The molecular formula is C17H18N2O3S2. The predicted octanol–water partition coefficient (Wildman–Crippen LogP) is 2.94. The SMILES string of the molecule is CC1Sc2ccc(S(=O)(=O)N(C)Cc3ccccc3)cc2NC1=O. The quantitative estimate of drug-likeness (QED) is 0.908. The van der Waals surface area contributed by atoms with Crippen molar-refractivity contribution in [3.8, 4) is 0 Å². The summed E-state index contributed by atoms with van der Waals surface area (Å²) in [6.07, 6.45) is 0. The van der Waals surface area contributed by atoms with E-state index in [0.29, 0.717) is 12.2 Å². The van der Waals surface area contributed by atoms with Crippen LogP contribution in [0.1, 0.15) is 12.5 Å². The van der Waals surface area contributed by atoms with Crippen LogP contribution in [0.4, 0.5) is 5.69 Å². The number of anilines is 1. The minimum Gasteiger partial charge on any atom is -0.324 e. The lowest BCUT2D eigenvalue weighted by Gasteiger charge is -2.23. The van der Waals surface area contributed by atoms with Gasteiger partial charge in [-0.15, -0.1) is 11.8 Å². The van der Waals surface area contributed by atoms with Crippen molar-refractivity contribution in [3.05, 3.63) is 54.1 Å². The molecule has 1 heterocycles. The standard InChI is InChI=1S/C17H18N2O3S2/c1-12-17(20)18-15-10-14(8-9-16(15)23-12)24(21,22)19(2)11-13-6-4-3-5-7-13/h3-10,12H,11H2,1-2H3,(H,18,20). The summed E-state index contributed by atoms with van der Waals surface area (Å²) in [5.74, 6) is -0.111. The Labute approximate surface area is 146 Å². The van der Waals surface area contributed by atoms with Crippen molar-refractivity contribution in [1.82, 2.24) is 4.31 Å². The topological polar surface area (TPSA) is 66.5 Å². The Hall–Kier alpha value is -1.83. The second-order valence-electron chi connectivity index (χ2n) is 5.65. The first-order chi connectivity index (χ1) is 11.4. The van der Waals surface area contributed by atoms with Crippen LogP contribution in [0.25, 0.3) is 0 Å². The molecule has 0 radical (unpaired) electrons. The van der Waals surface area contributed by atoms with Gasteiger partial charge in [0.25, 0.3) is 0 Å². The highest BCUT2D eigenvalue weighted by Crippen LogP contribution is 2.37. The molecule has 0 saturated carbocycles. The van der Waals surface area contributed by atoms with Crippen molar-refractivity contribution in [2.45, 2.75) is 28.5 Å². The van der Waals surface area contributed by atoms with Crippen LogP contribution >= 0.6 is 11.8 Å². The van der Waals surface area contributed by atoms with Gasteiger partial charge in [0, 0.05) is 18.5 Å². The molecule has 7 heteroatoms. The summed E-state index contributed by atoms with van der Waals surface area (Å²) >= 11 is 1.43. The van der Waals surface area contributed by atoms with Gasteiger partial charge < -0.3 is 5.32 Å². The van der Waals surface area contributed by atoms with Gasteiger partial charge in [0.05, 0.1) is 15.8 Å². The molecule has 2 aromatic rings. The zero-order valence-corrected chi connectivity index (χ0v) is 15.0. The fourth-order valence-corrected chi connectivity index (χ4v) is 4.57. The molecule has 1 amide bonds. The second kappa shape index (κ2) is 6.58. The lowest BCUT2D eigenvalue weighted by Crippen LogP contribution is -2.28. The smallest absolute Gasteiger partial charge is 0.243 e. The number of sulfonamides is 1. The Kier molecular flexibility index (Phi) is 4.67. The third-order valence-electron chi connectivity index (χ3n) is 3.84. The number of nitrogens with zero attached hydrogens (tertiary/aromatic N) is 1. The van der Waals surface area contributed by atoms with Crippen LogP contribution < -0.4 is 5.32 Å². The molecular weight excluding hydrogens is 344 g/mol. The largest absolute Gasteiger partial charge is 0.324 e. The lowest BCUT2D eigenvalue weighted by molar-refractivity contribution is -0.115. The molecule has 5 nitrogen and oxygen atoms in total. The van der Waals surface area contributed by atoms with Crippen LogP contribution in [-0.4, -0.2) is 30.9 Å². The molecule has 3 rings (SSSR count). The van der Waals surface area contributed by atoms with E-state index < -0.39 is 10.0 Å². The molecule has 0 aliphatic carbocycles. The Bertz CT molecular complexity index is 867. The van der Waals surface area contributed by atoms with Crippen LogP contribution in [0.15, 0.2) is 58.3 Å². The molecule has 1 aliphatic rings. The Morgan fingerprint density at radius 2 is 1.88 bits per heavy atom. The predicted molar refractivity (Wildman–Crippen MR) is 95.5 cm³/mol. The van der Waals surface area contributed by atoms with Crippen molar-refractivity contribution >= 4 is 33.4 Å². The first-order valence-corrected chi connectivity index (χ1v) is 9.82. The van der Waals surface area contributed by atoms with Gasteiger partial charge in [0.2, 0.25) is 15.9 Å². The first-order valence-electron chi connectivity index (χ1n) is 7.50. The molecule has 0 aromatic heterocycles. The summed E-state index contributed by atoms with van der Waals surface area (Å²) in [4.78, 5) is 12.9. The Morgan fingerprint density at radius 3 is 2.58 bits per heavy atom. The number of rotatable bonds is 4. The molecule has 1 atom stereocenters. The highest BCUT2D eigenvalue weighted by Gasteiger charge is 2.26. The molecule has 0 bridgehead atoms. The van der Waals surface area contributed by atoms with E-state index in [-0.39, 0.29) is 16.1 Å². The van der Waals surface area contributed by atoms with Gasteiger partial charge in [-0.05, 0) is 30.7 Å². The summed E-state index contributed by atoms with van der Waals surface area (Å²) in [6.45, 7) is 2.11. The summed E-state index contributed by atoms with van der Waals surface area (Å²) in [6, 6.07) is 14.3. The van der Waals surface area contributed by atoms with Crippen LogP contribution in [0, 0.1) is 0 Å². The zero-order chi connectivity index (χ0) is 17.3. The van der Waals surface area contributed by atoms with Gasteiger partial charge in [-0.1, -0.05) is 30.3 Å². The number of carbonyl (C=O) groups excluding carboxylic acids is 1. The van der Waals surface area contributed by atoms with E-state index >= 15 is 0 Å². The van der Waals surface area contributed by atoms with E-state index in [2.05, 4.69) is 5.32 Å². The maximum Gasteiger partial charge on any atom is 0.243 e. The molecule has 0 fully saturated rings. The fraction of sp³-hybridized carbons (Fsp3) is 0.235. The normalized spacial score (nSPS) is 17.5. The van der Waals surface area contributed by atoms with Gasteiger partial charge in [-0.3, -0.25) is 4.79 Å². The van der Waals surface area contributed by atoms with Crippen molar-refractivity contribution in [3.63, 3.8) is 0 Å². The number of thioether (sulfide) groups is 1. The number of amides is 1. The maximum absolute atomic E-state index is 12.8. The van der Waals surface area contributed by atoms with Crippen molar-refractivity contribution in [2.75, 3.05) is 12.4 Å². The van der Waals surface area contributed by atoms with Crippen molar-refractivity contribution in [2.24, 2.45) is 0 Å². The monoisotopic (exact) mass is 362 g/mol. The number of hydrogen-bond donors (Lipinski definition) is 1. The fourth-order valence-electron chi connectivity index (χ4n) is 2.45. The number of carbonyl (C=O) groups is 1. The van der Waals surface area contributed by atoms with E-state index in [4.69, 9.17) is 0 Å². The van der Waals surface area contributed by atoms with Gasteiger partial charge in [-0.2, -0.15) is 4.31 Å². The van der Waals surface area contributed by atoms with Crippen LogP contribution in [0.5, 0.6) is 0 Å². The Balaban J connectivity index is 1.87. The molecule has 24 heavy (non-hydrogen) atoms. The van der Waals surface area contributed by atoms with Gasteiger partial charge >= 0.3 is 0 Å². The summed E-state index contributed by atoms with van der Waals surface area (Å²) in [5.41, 5.74) is 1.47. The molecule has 1 unspecified atom stereocenters. The molecule has 2 aromatic carbocycles. The van der Waals surface area contributed by atoms with E-state index in [0.717, 1.165) is 10.5 Å². The van der Waals surface area contributed by atoms with E-state index in [1.165, 1.54) is 22.1 Å². The van der Waals surface area contributed by atoms with Crippen LogP contribution in [0.2, 0.25) is 0 Å². The van der Waals surface area contributed by atoms with Crippen molar-refractivity contribution < 1.29 is 13.2 Å². The highest BCUT2D eigenvalue weighted by atomic mass is 32.2. The lowest BCUT2D eigenvalue weighted by atomic mass is 10.2. The molecule has 1 N–H and O–H groups in total. The maximum atomic E-state index is 12.8. The highest BCUT2D eigenvalue weighted by molar-refractivity contribution is 8.01. The molecule has 0 saturated heterocycles. The van der Waals surface area contributed by atoms with Gasteiger partial charge in [0.15, 0.2) is 0 Å². The second-order valence-corrected chi connectivity index (χ2v) is 9.08. The Morgan fingerprint density at radius 1 is 1.17 bits per heavy atom. The van der Waals surface area contributed by atoms with E-state index in [1.807, 2.05) is 37.3 Å². The third-order valence-corrected chi connectivity index (χ3v) is 6.82. The van der Waals surface area contributed by atoms with Crippen LogP contribution in [-0.2, 0) is 21.4 Å². The molecule has 126 valence electrons. The summed E-state index contributed by atoms with van der Waals surface area (Å²) in [5, 5.41) is 2.59. The van der Waals surface area contributed by atoms with E-state index in [9.17, 15) is 13.2 Å². The minimum atomic E-state index is -3.63. The summed E-state index contributed by atoms with van der Waals surface area (Å²) in [7, 11) is -2.08. The number of fused-ring (bicyclic) bond motifs is 1. The third kappa shape index (κ3) is 3.33. The minimum absolute atomic E-state index is 0.111. The van der Waals surface area contributed by atoms with Crippen molar-refractivity contribution in [1.29, 1.82) is 0 Å². The number of benzene rings is 2. The van der Waals surface area contributed by atoms with E-state index in [1.54, 1.807) is 19.2 Å². The zero-order valence-electron chi connectivity index (χ0n) is 13.4. The number of hydrogen-bond acceptors (Lipinski definition) is 4. The summed E-state index contributed by atoms with van der Waals surface area (Å²) < 4.78 is 26.9. The van der Waals surface area contributed by atoms with Gasteiger partial charge in [-0.25, -0.2) is 8.42 Å². The molecule has 0 spiro atoms. The first kappa shape index (κ1) is 17.0. The molecule has 1 aliphatic heterocycles.